The van der Waals surface area contributed by atoms with E-state index in [2.05, 4.69) is 20.1 Å². The van der Waals surface area contributed by atoms with Gasteiger partial charge < -0.3 is 15.2 Å². The summed E-state index contributed by atoms with van der Waals surface area (Å²) in [5.41, 5.74) is 1.75. The molecule has 1 amide bonds. The number of piperazine rings is 1. The average molecular weight is 441 g/mol. The number of para-hydroxylation sites is 1. The highest BCUT2D eigenvalue weighted by molar-refractivity contribution is 7.18. The second-order valence-electron chi connectivity index (χ2n) is 7.82. The summed E-state index contributed by atoms with van der Waals surface area (Å²) in [6.07, 6.45) is -0.569. The van der Waals surface area contributed by atoms with E-state index >= 15 is 0 Å². The molecule has 1 aliphatic rings. The first kappa shape index (κ1) is 21.7. The van der Waals surface area contributed by atoms with Gasteiger partial charge in [0.05, 0.1) is 21.8 Å². The number of nitrogens with one attached hydrogen (secondary N) is 1. The predicted octanol–water partition coefficient (Wildman–Crippen LogP) is 2.60. The van der Waals surface area contributed by atoms with Crippen molar-refractivity contribution >= 4 is 33.1 Å². The Hall–Kier alpha value is -2.52. The number of hydrogen-bond acceptors (Lipinski definition) is 7. The molecule has 3 aromatic rings. The summed E-state index contributed by atoms with van der Waals surface area (Å²) in [6.45, 7) is 6.42. The number of aliphatic hydroxyl groups is 1. The van der Waals surface area contributed by atoms with E-state index in [4.69, 9.17) is 4.74 Å². The predicted molar refractivity (Wildman–Crippen MR) is 124 cm³/mol. The van der Waals surface area contributed by atoms with Gasteiger partial charge in [-0.3, -0.25) is 14.6 Å². The lowest BCUT2D eigenvalue weighted by Gasteiger charge is -2.35. The molecule has 4 rings (SSSR count). The number of rotatable bonds is 8. The molecule has 8 heteroatoms. The molecule has 164 valence electrons. The molecule has 0 bridgehead atoms. The number of benzene rings is 2. The van der Waals surface area contributed by atoms with Crippen molar-refractivity contribution in [1.82, 2.24) is 14.8 Å². The van der Waals surface area contributed by atoms with Crippen LogP contribution in [0.4, 0.5) is 5.69 Å². The minimum absolute atomic E-state index is 0.000333. The van der Waals surface area contributed by atoms with Crippen molar-refractivity contribution in [3.8, 4) is 5.75 Å². The van der Waals surface area contributed by atoms with E-state index in [0.717, 1.165) is 52.8 Å². The lowest BCUT2D eigenvalue weighted by molar-refractivity contribution is -0.117. The Morgan fingerprint density at radius 1 is 1.16 bits per heavy atom. The number of thiazole rings is 1. The van der Waals surface area contributed by atoms with E-state index in [1.165, 1.54) is 0 Å². The van der Waals surface area contributed by atoms with Crippen molar-refractivity contribution < 1.29 is 14.6 Å². The van der Waals surface area contributed by atoms with Gasteiger partial charge in [0.25, 0.3) is 0 Å². The first-order chi connectivity index (χ1) is 15.0. The highest BCUT2D eigenvalue weighted by Gasteiger charge is 2.21. The fraction of sp³-hybridized carbons (Fsp3) is 0.391. The number of nitrogens with zero attached hydrogens (tertiary/aromatic N) is 3. The summed E-state index contributed by atoms with van der Waals surface area (Å²) in [5, 5.41) is 14.4. The van der Waals surface area contributed by atoms with Gasteiger partial charge in [0, 0.05) is 44.5 Å². The second-order valence-corrected chi connectivity index (χ2v) is 9.05. The third-order valence-electron chi connectivity index (χ3n) is 5.27. The standard InChI is InChI=1S/C23H28N4O3S/c1-17-24-21-13-20(7-8-22(21)31-17)30-16-19(28)14-26-9-11-27(12-10-26)15-23(29)25-18-5-3-2-4-6-18/h2-8,13,19,28H,9-12,14-16H2,1H3,(H,25,29)/t19-/m1/s1. The fourth-order valence-corrected chi connectivity index (χ4v) is 4.52. The number of anilines is 1. The van der Waals surface area contributed by atoms with Crippen LogP contribution in [0.25, 0.3) is 10.2 Å². The molecule has 1 atom stereocenters. The molecular formula is C23H28N4O3S. The van der Waals surface area contributed by atoms with E-state index in [-0.39, 0.29) is 12.5 Å². The minimum atomic E-state index is -0.569. The molecule has 2 N–H and O–H groups in total. The molecule has 1 aliphatic heterocycles. The number of aryl methyl sites for hydroxylation is 1. The molecule has 0 saturated carbocycles. The SMILES string of the molecule is Cc1nc2cc(OC[C@H](O)CN3CCN(CC(=O)Nc4ccccc4)CC3)ccc2s1. The third-order valence-corrected chi connectivity index (χ3v) is 6.22. The smallest absolute Gasteiger partial charge is 0.238 e. The molecule has 0 unspecified atom stereocenters. The Bertz CT molecular complexity index is 1000. The van der Waals surface area contributed by atoms with Gasteiger partial charge in [-0.2, -0.15) is 0 Å². The number of carbonyl (C=O) groups excluding carboxylic acids is 1. The normalized spacial score (nSPS) is 16.3. The van der Waals surface area contributed by atoms with Gasteiger partial charge in [0.15, 0.2) is 0 Å². The fourth-order valence-electron chi connectivity index (χ4n) is 3.71. The third kappa shape index (κ3) is 6.24. The van der Waals surface area contributed by atoms with Crippen molar-refractivity contribution in [1.29, 1.82) is 0 Å². The molecule has 2 aromatic carbocycles. The highest BCUT2D eigenvalue weighted by Crippen LogP contribution is 2.25. The quantitative estimate of drug-likeness (QED) is 0.561. The van der Waals surface area contributed by atoms with Crippen LogP contribution >= 0.6 is 11.3 Å². The molecule has 2 heterocycles. The van der Waals surface area contributed by atoms with Crippen molar-refractivity contribution in [2.24, 2.45) is 0 Å². The molecule has 0 spiro atoms. The summed E-state index contributed by atoms with van der Waals surface area (Å²) in [5.74, 6) is 0.728. The number of aromatic nitrogens is 1. The zero-order chi connectivity index (χ0) is 21.6. The van der Waals surface area contributed by atoms with Crippen LogP contribution in [0, 0.1) is 6.92 Å². The van der Waals surface area contributed by atoms with E-state index < -0.39 is 6.10 Å². The molecular weight excluding hydrogens is 412 g/mol. The van der Waals surface area contributed by atoms with Crippen molar-refractivity contribution in [2.75, 3.05) is 51.2 Å². The number of aliphatic hydroxyl groups excluding tert-OH is 1. The summed E-state index contributed by atoms with van der Waals surface area (Å²) >= 11 is 1.66. The van der Waals surface area contributed by atoms with E-state index in [0.29, 0.717) is 13.1 Å². The lowest BCUT2D eigenvalue weighted by atomic mass is 10.2. The van der Waals surface area contributed by atoms with E-state index in [1.807, 2.05) is 55.5 Å². The first-order valence-corrected chi connectivity index (χ1v) is 11.3. The van der Waals surface area contributed by atoms with Crippen LogP contribution in [0.15, 0.2) is 48.5 Å². The molecule has 31 heavy (non-hydrogen) atoms. The Morgan fingerprint density at radius 3 is 2.68 bits per heavy atom. The van der Waals surface area contributed by atoms with Gasteiger partial charge >= 0.3 is 0 Å². The van der Waals surface area contributed by atoms with Gasteiger partial charge in [-0.05, 0) is 31.2 Å². The average Bonchev–Trinajstić information content (AvgIpc) is 3.13. The number of fused-ring (bicyclic) bond motifs is 1. The van der Waals surface area contributed by atoms with Gasteiger partial charge in [0.2, 0.25) is 5.91 Å². The van der Waals surface area contributed by atoms with Crippen LogP contribution in [-0.4, -0.2) is 77.8 Å². The zero-order valence-electron chi connectivity index (χ0n) is 17.7. The lowest BCUT2D eigenvalue weighted by Crippen LogP contribution is -2.50. The maximum Gasteiger partial charge on any atom is 0.238 e. The molecule has 0 aliphatic carbocycles. The first-order valence-electron chi connectivity index (χ1n) is 10.5. The van der Waals surface area contributed by atoms with E-state index in [9.17, 15) is 9.90 Å². The Morgan fingerprint density at radius 2 is 1.90 bits per heavy atom. The van der Waals surface area contributed by atoms with Gasteiger partial charge in [0.1, 0.15) is 18.5 Å². The maximum absolute atomic E-state index is 12.2. The summed E-state index contributed by atoms with van der Waals surface area (Å²) in [7, 11) is 0. The van der Waals surface area contributed by atoms with Gasteiger partial charge in [-0.15, -0.1) is 11.3 Å². The molecule has 1 fully saturated rings. The second kappa shape index (κ2) is 10.2. The Labute approximate surface area is 186 Å². The van der Waals surface area contributed by atoms with Gasteiger partial charge in [-0.25, -0.2) is 4.98 Å². The van der Waals surface area contributed by atoms with E-state index in [1.54, 1.807) is 11.3 Å². The Balaban J connectivity index is 1.16. The van der Waals surface area contributed by atoms with Crippen LogP contribution in [0.1, 0.15) is 5.01 Å². The minimum Gasteiger partial charge on any atom is -0.491 e. The van der Waals surface area contributed by atoms with Crippen molar-refractivity contribution in [3.63, 3.8) is 0 Å². The number of hydrogen-bond donors (Lipinski definition) is 2. The van der Waals surface area contributed by atoms with Crippen molar-refractivity contribution in [2.45, 2.75) is 13.0 Å². The number of β-amino-alcohol motifs (C(OH)–C–C–N with tert-alkyl or cyclic N) is 1. The summed E-state index contributed by atoms with van der Waals surface area (Å²) in [4.78, 5) is 21.1. The highest BCUT2D eigenvalue weighted by atomic mass is 32.1. The van der Waals surface area contributed by atoms with Crippen LogP contribution in [0.2, 0.25) is 0 Å². The molecule has 0 radical (unpaired) electrons. The van der Waals surface area contributed by atoms with Crippen LogP contribution in [0.5, 0.6) is 5.75 Å². The number of carbonyl (C=O) groups is 1. The van der Waals surface area contributed by atoms with Crippen LogP contribution < -0.4 is 10.1 Å². The molecule has 1 saturated heterocycles. The summed E-state index contributed by atoms with van der Waals surface area (Å²) < 4.78 is 6.92. The van der Waals surface area contributed by atoms with Crippen molar-refractivity contribution in [3.05, 3.63) is 53.5 Å². The maximum atomic E-state index is 12.2. The number of amides is 1. The van der Waals surface area contributed by atoms with Crippen LogP contribution in [-0.2, 0) is 4.79 Å². The van der Waals surface area contributed by atoms with Gasteiger partial charge in [-0.1, -0.05) is 18.2 Å². The van der Waals surface area contributed by atoms with Crippen LogP contribution in [0.3, 0.4) is 0 Å². The molecule has 7 nitrogen and oxygen atoms in total. The Kier molecular flexibility index (Phi) is 7.14. The zero-order valence-corrected chi connectivity index (χ0v) is 18.5. The molecule has 1 aromatic heterocycles. The summed E-state index contributed by atoms with van der Waals surface area (Å²) in [6, 6.07) is 15.4. The monoisotopic (exact) mass is 440 g/mol. The topological polar surface area (TPSA) is 77.9 Å². The largest absolute Gasteiger partial charge is 0.491 e. The number of ether oxygens (including phenoxy) is 1.